The molecule has 0 spiro atoms. The SMILES string of the molecule is CCC(C)(C)CNCc1cccc(O)c1. The summed E-state index contributed by atoms with van der Waals surface area (Å²) >= 11 is 0. The van der Waals surface area contributed by atoms with Crippen LogP contribution in [0.4, 0.5) is 0 Å². The van der Waals surface area contributed by atoms with Crippen molar-refractivity contribution >= 4 is 0 Å². The fraction of sp³-hybridized carbons (Fsp3) is 0.538. The Hall–Kier alpha value is -1.02. The number of nitrogens with one attached hydrogen (secondary N) is 1. The average Bonchev–Trinajstić information content (AvgIpc) is 2.18. The molecule has 2 nitrogen and oxygen atoms in total. The molecule has 0 unspecified atom stereocenters. The first kappa shape index (κ1) is 12.1. The minimum atomic E-state index is 0.337. The lowest BCUT2D eigenvalue weighted by atomic mass is 9.90. The second-order valence-electron chi connectivity index (χ2n) is 4.79. The zero-order valence-electron chi connectivity index (χ0n) is 9.88. The van der Waals surface area contributed by atoms with Gasteiger partial charge in [-0.15, -0.1) is 0 Å². The van der Waals surface area contributed by atoms with Gasteiger partial charge in [0.25, 0.3) is 0 Å². The Morgan fingerprint density at radius 1 is 1.33 bits per heavy atom. The van der Waals surface area contributed by atoms with Gasteiger partial charge >= 0.3 is 0 Å². The first-order valence-corrected chi connectivity index (χ1v) is 5.52. The largest absolute Gasteiger partial charge is 0.508 e. The van der Waals surface area contributed by atoms with E-state index in [0.717, 1.165) is 18.7 Å². The predicted molar refractivity (Wildman–Crippen MR) is 63.9 cm³/mol. The number of hydrogen-bond acceptors (Lipinski definition) is 2. The first-order valence-electron chi connectivity index (χ1n) is 5.52. The number of phenols is 1. The summed E-state index contributed by atoms with van der Waals surface area (Å²) in [5.74, 6) is 0.337. The minimum Gasteiger partial charge on any atom is -0.508 e. The molecule has 0 bridgehead atoms. The third-order valence-corrected chi connectivity index (χ3v) is 2.80. The standard InChI is InChI=1S/C13H21NO/c1-4-13(2,3)10-14-9-11-6-5-7-12(15)8-11/h5-8,14-15H,4,9-10H2,1-3H3. The number of hydrogen-bond donors (Lipinski definition) is 2. The van der Waals surface area contributed by atoms with Crippen molar-refractivity contribution < 1.29 is 5.11 Å². The summed E-state index contributed by atoms with van der Waals surface area (Å²) in [4.78, 5) is 0. The Labute approximate surface area is 92.3 Å². The molecule has 0 aromatic heterocycles. The van der Waals surface area contributed by atoms with Gasteiger partial charge in [-0.25, -0.2) is 0 Å². The number of aromatic hydroxyl groups is 1. The molecule has 84 valence electrons. The second-order valence-corrected chi connectivity index (χ2v) is 4.79. The van der Waals surface area contributed by atoms with E-state index in [9.17, 15) is 5.11 Å². The van der Waals surface area contributed by atoms with Crippen LogP contribution in [0.2, 0.25) is 0 Å². The molecule has 15 heavy (non-hydrogen) atoms. The van der Waals surface area contributed by atoms with E-state index in [4.69, 9.17) is 0 Å². The molecule has 0 saturated carbocycles. The Balaban J connectivity index is 2.38. The van der Waals surface area contributed by atoms with Gasteiger partial charge in [0.2, 0.25) is 0 Å². The van der Waals surface area contributed by atoms with Gasteiger partial charge in [0.05, 0.1) is 0 Å². The zero-order valence-corrected chi connectivity index (χ0v) is 9.88. The lowest BCUT2D eigenvalue weighted by Crippen LogP contribution is -2.28. The van der Waals surface area contributed by atoms with Gasteiger partial charge in [-0.2, -0.15) is 0 Å². The Bertz CT molecular complexity index is 307. The Morgan fingerprint density at radius 2 is 2.07 bits per heavy atom. The zero-order chi connectivity index (χ0) is 11.3. The third-order valence-electron chi connectivity index (χ3n) is 2.80. The highest BCUT2D eigenvalue weighted by Gasteiger charge is 2.13. The lowest BCUT2D eigenvalue weighted by Gasteiger charge is -2.22. The highest BCUT2D eigenvalue weighted by atomic mass is 16.3. The average molecular weight is 207 g/mol. The second kappa shape index (κ2) is 5.17. The van der Waals surface area contributed by atoms with Crippen molar-refractivity contribution in [2.24, 2.45) is 5.41 Å². The van der Waals surface area contributed by atoms with Gasteiger partial charge < -0.3 is 10.4 Å². The summed E-state index contributed by atoms with van der Waals surface area (Å²) in [5, 5.41) is 12.7. The molecule has 0 heterocycles. The highest BCUT2D eigenvalue weighted by molar-refractivity contribution is 5.26. The molecule has 0 radical (unpaired) electrons. The van der Waals surface area contributed by atoms with Crippen molar-refractivity contribution in [2.45, 2.75) is 33.7 Å². The van der Waals surface area contributed by atoms with Crippen molar-refractivity contribution in [3.8, 4) is 5.75 Å². The predicted octanol–water partition coefficient (Wildman–Crippen LogP) is 2.92. The molecule has 0 atom stereocenters. The monoisotopic (exact) mass is 207 g/mol. The molecule has 2 heteroatoms. The Morgan fingerprint density at radius 3 is 2.67 bits per heavy atom. The summed E-state index contributed by atoms with van der Waals surface area (Å²) in [6, 6.07) is 7.38. The molecule has 1 aromatic rings. The van der Waals surface area contributed by atoms with E-state index in [2.05, 4.69) is 26.1 Å². The Kier molecular flexibility index (Phi) is 4.15. The van der Waals surface area contributed by atoms with Crippen LogP contribution in [0.5, 0.6) is 5.75 Å². The van der Waals surface area contributed by atoms with Crippen LogP contribution in [0.3, 0.4) is 0 Å². The van der Waals surface area contributed by atoms with E-state index in [1.807, 2.05) is 12.1 Å². The number of phenolic OH excluding ortho intramolecular Hbond substituents is 1. The molecular formula is C13H21NO. The maximum absolute atomic E-state index is 9.29. The first-order chi connectivity index (χ1) is 7.03. The van der Waals surface area contributed by atoms with Crippen LogP contribution in [0, 0.1) is 5.41 Å². The van der Waals surface area contributed by atoms with Crippen LogP contribution < -0.4 is 5.32 Å². The summed E-state index contributed by atoms with van der Waals surface area (Å²) in [7, 11) is 0. The molecular weight excluding hydrogens is 186 g/mol. The molecule has 0 amide bonds. The van der Waals surface area contributed by atoms with Crippen LogP contribution in [-0.4, -0.2) is 11.7 Å². The molecule has 1 rings (SSSR count). The fourth-order valence-corrected chi connectivity index (χ4v) is 1.34. The summed E-state index contributed by atoms with van der Waals surface area (Å²) in [5.41, 5.74) is 1.47. The smallest absolute Gasteiger partial charge is 0.115 e. The van der Waals surface area contributed by atoms with E-state index >= 15 is 0 Å². The van der Waals surface area contributed by atoms with Gasteiger partial charge in [0.1, 0.15) is 5.75 Å². The molecule has 0 aliphatic carbocycles. The van der Waals surface area contributed by atoms with Crippen molar-refractivity contribution in [1.82, 2.24) is 5.32 Å². The highest BCUT2D eigenvalue weighted by Crippen LogP contribution is 2.18. The maximum atomic E-state index is 9.29. The molecule has 2 N–H and O–H groups in total. The van der Waals surface area contributed by atoms with E-state index in [0.29, 0.717) is 11.2 Å². The van der Waals surface area contributed by atoms with Gasteiger partial charge in [-0.05, 0) is 29.5 Å². The van der Waals surface area contributed by atoms with Crippen LogP contribution in [-0.2, 0) is 6.54 Å². The van der Waals surface area contributed by atoms with Gasteiger partial charge in [-0.1, -0.05) is 32.9 Å². The van der Waals surface area contributed by atoms with Crippen molar-refractivity contribution in [2.75, 3.05) is 6.54 Å². The molecule has 0 saturated heterocycles. The summed E-state index contributed by atoms with van der Waals surface area (Å²) in [6.07, 6.45) is 1.17. The lowest BCUT2D eigenvalue weighted by molar-refractivity contribution is 0.327. The van der Waals surface area contributed by atoms with Crippen molar-refractivity contribution in [3.63, 3.8) is 0 Å². The number of benzene rings is 1. The topological polar surface area (TPSA) is 32.3 Å². The van der Waals surface area contributed by atoms with Gasteiger partial charge in [-0.3, -0.25) is 0 Å². The van der Waals surface area contributed by atoms with E-state index in [1.54, 1.807) is 12.1 Å². The fourth-order valence-electron chi connectivity index (χ4n) is 1.34. The third kappa shape index (κ3) is 4.34. The van der Waals surface area contributed by atoms with Crippen LogP contribution in [0.15, 0.2) is 24.3 Å². The van der Waals surface area contributed by atoms with Crippen molar-refractivity contribution in [1.29, 1.82) is 0 Å². The molecule has 0 aliphatic rings. The number of rotatable bonds is 5. The quantitative estimate of drug-likeness (QED) is 0.778. The normalized spacial score (nSPS) is 11.7. The van der Waals surface area contributed by atoms with E-state index in [-0.39, 0.29) is 0 Å². The van der Waals surface area contributed by atoms with E-state index < -0.39 is 0 Å². The van der Waals surface area contributed by atoms with Gasteiger partial charge in [0, 0.05) is 13.1 Å². The molecule has 0 fully saturated rings. The maximum Gasteiger partial charge on any atom is 0.115 e. The molecule has 1 aromatic carbocycles. The minimum absolute atomic E-state index is 0.337. The molecule has 0 aliphatic heterocycles. The van der Waals surface area contributed by atoms with Crippen LogP contribution in [0.1, 0.15) is 32.8 Å². The van der Waals surface area contributed by atoms with Crippen molar-refractivity contribution in [3.05, 3.63) is 29.8 Å². The van der Waals surface area contributed by atoms with Crippen LogP contribution in [0.25, 0.3) is 0 Å². The van der Waals surface area contributed by atoms with E-state index in [1.165, 1.54) is 6.42 Å². The van der Waals surface area contributed by atoms with Gasteiger partial charge in [0.15, 0.2) is 0 Å². The summed E-state index contributed by atoms with van der Waals surface area (Å²) < 4.78 is 0. The summed E-state index contributed by atoms with van der Waals surface area (Å²) in [6.45, 7) is 8.53. The van der Waals surface area contributed by atoms with Crippen LogP contribution >= 0.6 is 0 Å².